The normalized spacial score (nSPS) is 37.8. The molecule has 2 heterocycles. The molecule has 4 bridgehead atoms. The van der Waals surface area contributed by atoms with E-state index in [9.17, 15) is 9.59 Å². The lowest BCUT2D eigenvalue weighted by molar-refractivity contribution is -0.151. The van der Waals surface area contributed by atoms with Gasteiger partial charge in [-0.25, -0.2) is 4.98 Å². The van der Waals surface area contributed by atoms with Crippen LogP contribution >= 0.6 is 15.9 Å². The number of hydrogen-bond donors (Lipinski definition) is 2. The molecule has 4 aliphatic carbocycles. The number of carbonyl (C=O) groups excluding carboxylic acids is 2. The highest BCUT2D eigenvalue weighted by molar-refractivity contribution is 9.10. The van der Waals surface area contributed by atoms with Gasteiger partial charge in [0, 0.05) is 37.3 Å². The first kappa shape index (κ1) is 20.4. The molecule has 6 rings (SSSR count). The van der Waals surface area contributed by atoms with E-state index in [-0.39, 0.29) is 23.3 Å². The molecule has 5 aliphatic rings. The van der Waals surface area contributed by atoms with Crippen molar-refractivity contribution in [2.45, 2.75) is 50.8 Å². The first-order chi connectivity index (χ1) is 14.4. The minimum atomic E-state index is -0.454. The van der Waals surface area contributed by atoms with Gasteiger partial charge in [-0.3, -0.25) is 14.5 Å². The van der Waals surface area contributed by atoms with Crippen LogP contribution in [-0.2, 0) is 20.9 Å². The zero-order chi connectivity index (χ0) is 20.9. The van der Waals surface area contributed by atoms with Crippen LogP contribution in [0.1, 0.15) is 37.7 Å². The summed E-state index contributed by atoms with van der Waals surface area (Å²) >= 11 is 3.36. The average Bonchev–Trinajstić information content (AvgIpc) is 2.72. The molecule has 4 saturated carbocycles. The molecular weight excluding hydrogens is 448 g/mol. The van der Waals surface area contributed by atoms with Crippen molar-refractivity contribution in [1.82, 2.24) is 15.2 Å². The number of ether oxygens (including phenoxy) is 1. The van der Waals surface area contributed by atoms with E-state index >= 15 is 0 Å². The van der Waals surface area contributed by atoms with Gasteiger partial charge >= 0.3 is 0 Å². The Morgan fingerprint density at radius 1 is 1.27 bits per heavy atom. The van der Waals surface area contributed by atoms with Gasteiger partial charge in [-0.2, -0.15) is 0 Å². The molecule has 1 aromatic heterocycles. The summed E-state index contributed by atoms with van der Waals surface area (Å²) in [5, 5.41) is 3.32. The summed E-state index contributed by atoms with van der Waals surface area (Å²) < 4.78 is 6.65. The second-order valence-corrected chi connectivity index (χ2v) is 10.5. The largest absolute Gasteiger partial charge is 0.369 e. The van der Waals surface area contributed by atoms with E-state index in [1.54, 1.807) is 0 Å². The van der Waals surface area contributed by atoms with Crippen LogP contribution in [0.2, 0.25) is 0 Å². The molecule has 0 spiro atoms. The summed E-state index contributed by atoms with van der Waals surface area (Å²) in [7, 11) is 0. The monoisotopic (exact) mass is 476 g/mol. The van der Waals surface area contributed by atoms with Crippen LogP contribution in [0.5, 0.6) is 0 Å². The summed E-state index contributed by atoms with van der Waals surface area (Å²) in [5.41, 5.74) is 6.58. The number of primary amides is 1. The fourth-order valence-corrected chi connectivity index (χ4v) is 6.82. The summed E-state index contributed by atoms with van der Waals surface area (Å²) in [5.74, 6) is 1.16. The molecule has 8 heteroatoms. The molecule has 3 atom stereocenters. The van der Waals surface area contributed by atoms with Gasteiger partial charge in [0.2, 0.25) is 5.91 Å². The van der Waals surface area contributed by atoms with Crippen LogP contribution < -0.4 is 11.1 Å². The smallest absolute Gasteiger partial charge is 0.250 e. The topological polar surface area (TPSA) is 97.5 Å². The third kappa shape index (κ3) is 3.78. The Morgan fingerprint density at radius 3 is 2.70 bits per heavy atom. The number of aromatic nitrogens is 1. The van der Waals surface area contributed by atoms with Crippen LogP contribution in [0.15, 0.2) is 22.9 Å². The third-order valence-corrected chi connectivity index (χ3v) is 8.21. The van der Waals surface area contributed by atoms with Crippen molar-refractivity contribution < 1.29 is 14.3 Å². The van der Waals surface area contributed by atoms with E-state index in [1.807, 2.05) is 18.3 Å². The predicted octanol–water partition coefficient (Wildman–Crippen LogP) is 1.84. The van der Waals surface area contributed by atoms with E-state index in [2.05, 4.69) is 31.1 Å². The molecule has 5 fully saturated rings. The molecule has 3 N–H and O–H groups in total. The number of rotatable bonds is 5. The third-order valence-electron chi connectivity index (χ3n) is 7.74. The zero-order valence-corrected chi connectivity index (χ0v) is 18.6. The van der Waals surface area contributed by atoms with Crippen molar-refractivity contribution in [2.24, 2.45) is 28.9 Å². The Morgan fingerprint density at radius 2 is 2.03 bits per heavy atom. The van der Waals surface area contributed by atoms with E-state index in [4.69, 9.17) is 10.5 Å². The number of nitrogens with zero attached hydrogens (tertiary/aromatic N) is 2. The van der Waals surface area contributed by atoms with Gasteiger partial charge < -0.3 is 15.8 Å². The van der Waals surface area contributed by atoms with Crippen LogP contribution in [0.25, 0.3) is 0 Å². The Kier molecular flexibility index (Phi) is 5.35. The van der Waals surface area contributed by atoms with Gasteiger partial charge in [0.15, 0.2) is 0 Å². The second-order valence-electron chi connectivity index (χ2n) is 9.73. The molecule has 2 amide bonds. The SMILES string of the molecule is NC(=O)C12CC3CC(C1)C(NC(=O)C1CN(Cc4ccc(Br)nc4)CCO1)C(C3)C2. The molecule has 162 valence electrons. The van der Waals surface area contributed by atoms with Crippen molar-refractivity contribution >= 4 is 27.7 Å². The lowest BCUT2D eigenvalue weighted by Crippen LogP contribution is -2.63. The van der Waals surface area contributed by atoms with Crippen LogP contribution in [0.4, 0.5) is 0 Å². The molecule has 7 nitrogen and oxygen atoms in total. The van der Waals surface area contributed by atoms with Crippen molar-refractivity contribution in [1.29, 1.82) is 0 Å². The number of nitrogens with one attached hydrogen (secondary N) is 1. The summed E-state index contributed by atoms with van der Waals surface area (Å²) in [6.07, 6.45) is 6.21. The van der Waals surface area contributed by atoms with Crippen molar-refractivity contribution in [3.63, 3.8) is 0 Å². The van der Waals surface area contributed by atoms with Crippen LogP contribution in [-0.4, -0.2) is 53.5 Å². The fraction of sp³-hybridized carbons (Fsp3) is 0.682. The standard InChI is InChI=1S/C22H29BrN4O3/c23-18-2-1-13(10-25-18)11-27-3-4-30-17(12-27)20(28)26-19-15-5-14-6-16(19)9-22(7-14,8-15)21(24)29/h1-2,10,14-17,19H,3-9,11-12H2,(H2,24,29)(H,26,28). The van der Waals surface area contributed by atoms with Crippen LogP contribution in [0.3, 0.4) is 0 Å². The zero-order valence-electron chi connectivity index (χ0n) is 17.1. The van der Waals surface area contributed by atoms with Gasteiger partial charge in [-0.05, 0) is 77.4 Å². The molecule has 0 radical (unpaired) electrons. The number of carbonyl (C=O) groups is 2. The van der Waals surface area contributed by atoms with Gasteiger partial charge in [-0.15, -0.1) is 0 Å². The Labute approximate surface area is 185 Å². The molecule has 0 aromatic carbocycles. The molecule has 3 unspecified atom stereocenters. The number of morpholine rings is 1. The maximum atomic E-state index is 13.1. The van der Waals surface area contributed by atoms with E-state index < -0.39 is 6.10 Å². The maximum Gasteiger partial charge on any atom is 0.250 e. The summed E-state index contributed by atoms with van der Waals surface area (Å²) in [4.78, 5) is 31.7. The lowest BCUT2D eigenvalue weighted by atomic mass is 9.47. The number of nitrogens with two attached hydrogens (primary N) is 1. The van der Waals surface area contributed by atoms with Crippen molar-refractivity contribution in [2.75, 3.05) is 19.7 Å². The highest BCUT2D eigenvalue weighted by atomic mass is 79.9. The highest BCUT2D eigenvalue weighted by Gasteiger charge is 2.58. The van der Waals surface area contributed by atoms with E-state index in [0.717, 1.165) is 55.4 Å². The maximum absolute atomic E-state index is 13.1. The number of amides is 2. The van der Waals surface area contributed by atoms with Crippen LogP contribution in [0, 0.1) is 23.2 Å². The lowest BCUT2D eigenvalue weighted by Gasteiger charge is -2.59. The average molecular weight is 477 g/mol. The first-order valence-electron chi connectivity index (χ1n) is 11.0. The summed E-state index contributed by atoms with van der Waals surface area (Å²) in [6.45, 7) is 2.69. The van der Waals surface area contributed by atoms with Gasteiger partial charge in [0.1, 0.15) is 10.7 Å². The minimum absolute atomic E-state index is 0.0146. The minimum Gasteiger partial charge on any atom is -0.369 e. The van der Waals surface area contributed by atoms with Crippen molar-refractivity contribution in [3.05, 3.63) is 28.5 Å². The quantitative estimate of drug-likeness (QED) is 0.631. The summed E-state index contributed by atoms with van der Waals surface area (Å²) in [6, 6.07) is 4.13. The number of halogens is 1. The predicted molar refractivity (Wildman–Crippen MR) is 114 cm³/mol. The molecule has 1 saturated heterocycles. The fourth-order valence-electron chi connectivity index (χ4n) is 6.58. The second kappa shape index (κ2) is 7.88. The highest BCUT2D eigenvalue weighted by Crippen LogP contribution is 2.59. The van der Waals surface area contributed by atoms with Crippen molar-refractivity contribution in [3.8, 4) is 0 Å². The molecular formula is C22H29BrN4O3. The molecule has 1 aromatic rings. The first-order valence-corrected chi connectivity index (χ1v) is 11.8. The van der Waals surface area contributed by atoms with Gasteiger partial charge in [-0.1, -0.05) is 6.07 Å². The van der Waals surface area contributed by atoms with Gasteiger partial charge in [0.05, 0.1) is 6.61 Å². The number of pyridine rings is 1. The Balaban J connectivity index is 1.20. The van der Waals surface area contributed by atoms with Gasteiger partial charge in [0.25, 0.3) is 5.91 Å². The molecule has 30 heavy (non-hydrogen) atoms. The van der Waals surface area contributed by atoms with E-state index in [1.165, 1.54) is 0 Å². The number of hydrogen-bond acceptors (Lipinski definition) is 5. The molecule has 1 aliphatic heterocycles. The Hall–Kier alpha value is -1.51. The Bertz CT molecular complexity index is 816. The van der Waals surface area contributed by atoms with E-state index in [0.29, 0.717) is 30.9 Å².